The van der Waals surface area contributed by atoms with Crippen LogP contribution >= 0.6 is 23.4 Å². The Kier molecular flexibility index (Phi) is 7.42. The number of amidine groups is 1. The number of rotatable bonds is 4. The highest BCUT2D eigenvalue weighted by Crippen LogP contribution is 2.35. The molecular weight excluding hydrogens is 568 g/mol. The van der Waals surface area contributed by atoms with Crippen LogP contribution in [0.25, 0.3) is 17.0 Å². The van der Waals surface area contributed by atoms with Crippen molar-refractivity contribution in [3.8, 4) is 0 Å². The van der Waals surface area contributed by atoms with Gasteiger partial charge in [0.15, 0.2) is 5.17 Å². The molecule has 3 aromatic rings. The predicted molar refractivity (Wildman–Crippen MR) is 137 cm³/mol. The Morgan fingerprint density at radius 3 is 2.44 bits per heavy atom. The highest BCUT2D eigenvalue weighted by atomic mass is 35.5. The van der Waals surface area contributed by atoms with E-state index in [0.29, 0.717) is 39.6 Å². The smallest absolute Gasteiger partial charge is 0.348 e. The number of amides is 1. The highest BCUT2D eigenvalue weighted by Gasteiger charge is 2.35. The molecule has 0 unspecified atom stereocenters. The van der Waals surface area contributed by atoms with E-state index in [-0.39, 0.29) is 30.2 Å². The molecule has 0 radical (unpaired) electrons. The van der Waals surface area contributed by atoms with Crippen LogP contribution in [0, 0.1) is 0 Å². The maximum absolute atomic E-state index is 13.5. The molecule has 2 aromatic carbocycles. The lowest BCUT2D eigenvalue weighted by atomic mass is 10.1. The van der Waals surface area contributed by atoms with Gasteiger partial charge in [0.25, 0.3) is 5.91 Å². The molecule has 2 aliphatic heterocycles. The summed E-state index contributed by atoms with van der Waals surface area (Å²) in [4.78, 5) is 20.1. The van der Waals surface area contributed by atoms with Crippen molar-refractivity contribution in [3.63, 3.8) is 0 Å². The van der Waals surface area contributed by atoms with Gasteiger partial charge in [-0.1, -0.05) is 23.7 Å². The van der Waals surface area contributed by atoms with Gasteiger partial charge in [-0.3, -0.25) is 14.4 Å². The highest BCUT2D eigenvalue weighted by molar-refractivity contribution is 8.18. The second kappa shape index (κ2) is 10.5. The van der Waals surface area contributed by atoms with Gasteiger partial charge >= 0.3 is 12.4 Å². The summed E-state index contributed by atoms with van der Waals surface area (Å²) in [5, 5.41) is 5.36. The van der Waals surface area contributed by atoms with Crippen molar-refractivity contribution in [1.29, 1.82) is 0 Å². The lowest BCUT2D eigenvalue weighted by molar-refractivity contribution is -0.148. The van der Waals surface area contributed by atoms with Gasteiger partial charge in [-0.2, -0.15) is 36.4 Å². The second-order valence-electron chi connectivity index (χ2n) is 9.11. The molecule has 0 spiro atoms. The molecule has 1 fully saturated rings. The van der Waals surface area contributed by atoms with Crippen LogP contribution in [-0.2, 0) is 17.5 Å². The van der Waals surface area contributed by atoms with E-state index in [1.165, 1.54) is 27.9 Å². The SMILES string of the molecule is O=C1N=C(N2CCN(CC(F)(F)F)CC2)SC1=Cc1ccc2c(cnn2Cc2ccc(Cl)cc2C(F)(F)F)c1. The number of piperazine rings is 1. The fourth-order valence-corrected chi connectivity index (χ4v) is 5.61. The van der Waals surface area contributed by atoms with E-state index in [1.54, 1.807) is 29.2 Å². The van der Waals surface area contributed by atoms with Crippen LogP contribution in [0.3, 0.4) is 0 Å². The van der Waals surface area contributed by atoms with Crippen molar-refractivity contribution >= 4 is 51.4 Å². The summed E-state index contributed by atoms with van der Waals surface area (Å²) < 4.78 is 79.8. The molecule has 0 N–H and O–H groups in total. The van der Waals surface area contributed by atoms with Crippen molar-refractivity contribution in [3.05, 3.63) is 69.2 Å². The first-order chi connectivity index (χ1) is 18.4. The fraction of sp³-hybridized carbons (Fsp3) is 0.320. The molecule has 3 heterocycles. The van der Waals surface area contributed by atoms with Gasteiger partial charge in [0.1, 0.15) is 0 Å². The van der Waals surface area contributed by atoms with Gasteiger partial charge in [-0.15, -0.1) is 0 Å². The van der Waals surface area contributed by atoms with E-state index in [2.05, 4.69) is 10.1 Å². The van der Waals surface area contributed by atoms with Gasteiger partial charge in [0.05, 0.1) is 35.3 Å². The molecular formula is C25H20ClF6N5OS. The third-order valence-electron chi connectivity index (χ3n) is 6.32. The van der Waals surface area contributed by atoms with Gasteiger partial charge < -0.3 is 4.90 Å². The summed E-state index contributed by atoms with van der Waals surface area (Å²) in [6.45, 7) is 0.0139. The van der Waals surface area contributed by atoms with E-state index < -0.39 is 30.4 Å². The monoisotopic (exact) mass is 587 g/mol. The second-order valence-corrected chi connectivity index (χ2v) is 10.6. The number of halogens is 7. The lowest BCUT2D eigenvalue weighted by Crippen LogP contribution is -2.50. The topological polar surface area (TPSA) is 53.7 Å². The number of hydrogen-bond donors (Lipinski definition) is 0. The summed E-state index contributed by atoms with van der Waals surface area (Å²) in [5.41, 5.74) is 0.487. The number of carbonyl (C=O) groups excluding carboxylic acids is 1. The number of alkyl halides is 6. The number of aromatic nitrogens is 2. The van der Waals surface area contributed by atoms with Crippen molar-refractivity contribution in [1.82, 2.24) is 19.6 Å². The molecule has 0 saturated carbocycles. The third-order valence-corrected chi connectivity index (χ3v) is 7.60. The third kappa shape index (κ3) is 6.42. The molecule has 14 heteroatoms. The Labute approximate surface area is 227 Å². The normalized spacial score (nSPS) is 18.4. The minimum atomic E-state index is -4.56. The van der Waals surface area contributed by atoms with Crippen LogP contribution in [-0.4, -0.2) is 69.6 Å². The molecule has 2 aliphatic rings. The quantitative estimate of drug-likeness (QED) is 0.281. The number of aliphatic imine (C=N–C) groups is 1. The molecule has 5 rings (SSSR count). The summed E-state index contributed by atoms with van der Waals surface area (Å²) >= 11 is 6.93. The maximum atomic E-state index is 13.5. The van der Waals surface area contributed by atoms with Crippen molar-refractivity contribution in [2.45, 2.75) is 18.9 Å². The Morgan fingerprint density at radius 1 is 1.00 bits per heavy atom. The van der Waals surface area contributed by atoms with Crippen molar-refractivity contribution in [2.24, 2.45) is 4.99 Å². The van der Waals surface area contributed by atoms with Gasteiger partial charge in [0.2, 0.25) is 0 Å². The zero-order valence-electron chi connectivity index (χ0n) is 20.1. The average Bonchev–Trinajstić information content (AvgIpc) is 3.42. The zero-order valence-corrected chi connectivity index (χ0v) is 21.6. The van der Waals surface area contributed by atoms with Crippen LogP contribution < -0.4 is 0 Å². The van der Waals surface area contributed by atoms with Gasteiger partial charge in [-0.25, -0.2) is 0 Å². The number of benzene rings is 2. The number of fused-ring (bicyclic) bond motifs is 1. The van der Waals surface area contributed by atoms with Gasteiger partial charge in [-0.05, 0) is 53.2 Å². The predicted octanol–water partition coefficient (Wildman–Crippen LogP) is 5.91. The van der Waals surface area contributed by atoms with E-state index >= 15 is 0 Å². The molecule has 206 valence electrons. The fourth-order valence-electron chi connectivity index (χ4n) is 4.47. The molecule has 0 atom stereocenters. The lowest BCUT2D eigenvalue weighted by Gasteiger charge is -2.35. The molecule has 0 aliphatic carbocycles. The minimum absolute atomic E-state index is 0.00995. The van der Waals surface area contributed by atoms with E-state index in [1.807, 2.05) is 0 Å². The summed E-state index contributed by atoms with van der Waals surface area (Å²) in [5.74, 6) is -0.439. The Morgan fingerprint density at radius 2 is 1.74 bits per heavy atom. The first-order valence-electron chi connectivity index (χ1n) is 11.7. The average molecular weight is 588 g/mol. The Bertz CT molecular complexity index is 1470. The Balaban J connectivity index is 1.28. The number of thioether (sulfide) groups is 1. The Hall–Kier alpha value is -3.03. The molecule has 1 saturated heterocycles. The van der Waals surface area contributed by atoms with Crippen LogP contribution in [0.2, 0.25) is 5.02 Å². The summed E-state index contributed by atoms with van der Waals surface area (Å²) in [6, 6.07) is 8.82. The molecule has 6 nitrogen and oxygen atoms in total. The van der Waals surface area contributed by atoms with Crippen molar-refractivity contribution in [2.75, 3.05) is 32.7 Å². The standard InChI is InChI=1S/C25H20ClF6N5OS/c26-18-3-2-16(19(11-18)25(30,31)32)13-37-20-4-1-15(9-17(20)12-33-37)10-21-22(38)34-23(39-21)36-7-5-35(6-8-36)14-24(27,28)29/h1-4,9-12H,5-8,13-14H2. The molecule has 0 bridgehead atoms. The zero-order chi connectivity index (χ0) is 27.9. The van der Waals surface area contributed by atoms with Crippen LogP contribution in [0.15, 0.2) is 52.5 Å². The first kappa shape index (κ1) is 27.5. The largest absolute Gasteiger partial charge is 0.416 e. The minimum Gasteiger partial charge on any atom is -0.348 e. The number of hydrogen-bond acceptors (Lipinski definition) is 5. The van der Waals surface area contributed by atoms with Crippen LogP contribution in [0.1, 0.15) is 16.7 Å². The molecule has 39 heavy (non-hydrogen) atoms. The van der Waals surface area contributed by atoms with Gasteiger partial charge in [0, 0.05) is 36.6 Å². The molecule has 1 amide bonds. The summed E-state index contributed by atoms with van der Waals surface area (Å²) in [7, 11) is 0. The maximum Gasteiger partial charge on any atom is 0.416 e. The van der Waals surface area contributed by atoms with E-state index in [0.717, 1.165) is 17.8 Å². The first-order valence-corrected chi connectivity index (χ1v) is 12.9. The van der Waals surface area contributed by atoms with E-state index in [9.17, 15) is 31.1 Å². The summed E-state index contributed by atoms with van der Waals surface area (Å²) in [6.07, 6.45) is -5.63. The van der Waals surface area contributed by atoms with Crippen LogP contribution in [0.4, 0.5) is 26.3 Å². The number of nitrogens with zero attached hydrogens (tertiary/aromatic N) is 5. The van der Waals surface area contributed by atoms with Crippen molar-refractivity contribution < 1.29 is 31.1 Å². The molecule has 1 aromatic heterocycles. The van der Waals surface area contributed by atoms with Crippen LogP contribution in [0.5, 0.6) is 0 Å². The number of carbonyl (C=O) groups is 1. The van der Waals surface area contributed by atoms with E-state index in [4.69, 9.17) is 11.6 Å².